The van der Waals surface area contributed by atoms with E-state index in [1.807, 2.05) is 12.1 Å². The minimum absolute atomic E-state index is 0.133. The smallest absolute Gasteiger partial charge is 0.255 e. The van der Waals surface area contributed by atoms with Crippen LogP contribution in [0.3, 0.4) is 0 Å². The van der Waals surface area contributed by atoms with Gasteiger partial charge in [0.15, 0.2) is 0 Å². The fourth-order valence-electron chi connectivity index (χ4n) is 4.64. The van der Waals surface area contributed by atoms with Gasteiger partial charge in [-0.05, 0) is 23.6 Å². The van der Waals surface area contributed by atoms with E-state index in [0.29, 0.717) is 5.56 Å². The molecule has 2 saturated heterocycles. The number of nitrogens with zero attached hydrogens (tertiary/aromatic N) is 2. The van der Waals surface area contributed by atoms with Crippen LogP contribution in [0.15, 0.2) is 36.4 Å². The predicted molar refractivity (Wildman–Crippen MR) is 119 cm³/mol. The third-order valence-electron chi connectivity index (χ3n) is 6.51. The molecule has 0 radical (unpaired) electrons. The van der Waals surface area contributed by atoms with Crippen LogP contribution in [0.5, 0.6) is 5.75 Å². The van der Waals surface area contributed by atoms with Gasteiger partial charge in [-0.15, -0.1) is 0 Å². The molecule has 1 atom stereocenters. The number of fused-ring (bicyclic) bond motifs is 1. The average molecular weight is 467 g/mol. The maximum Gasteiger partial charge on any atom is 0.255 e. The molecule has 3 aliphatic heterocycles. The van der Waals surface area contributed by atoms with Gasteiger partial charge in [-0.2, -0.15) is 0 Å². The van der Waals surface area contributed by atoms with Crippen molar-refractivity contribution in [2.75, 3.05) is 26.3 Å². The van der Waals surface area contributed by atoms with Gasteiger partial charge in [-0.25, -0.2) is 4.39 Å². The average Bonchev–Trinajstić information content (AvgIpc) is 3.15. The van der Waals surface area contributed by atoms with Crippen molar-refractivity contribution in [3.8, 4) is 5.75 Å². The number of rotatable bonds is 6. The molecule has 3 aliphatic rings. The third-order valence-corrected chi connectivity index (χ3v) is 6.51. The van der Waals surface area contributed by atoms with Gasteiger partial charge < -0.3 is 14.4 Å². The van der Waals surface area contributed by atoms with Crippen LogP contribution in [0.2, 0.25) is 0 Å². The fraction of sp³-hybridized carbons (Fsp3) is 0.400. The van der Waals surface area contributed by atoms with Gasteiger partial charge >= 0.3 is 0 Å². The zero-order valence-corrected chi connectivity index (χ0v) is 18.7. The highest BCUT2D eigenvalue weighted by Crippen LogP contribution is 2.35. The van der Waals surface area contributed by atoms with E-state index in [1.54, 1.807) is 0 Å². The van der Waals surface area contributed by atoms with Crippen LogP contribution in [-0.2, 0) is 34.0 Å². The molecule has 3 heterocycles. The summed E-state index contributed by atoms with van der Waals surface area (Å²) in [5, 5.41) is 2.27. The van der Waals surface area contributed by atoms with Gasteiger partial charge in [0.1, 0.15) is 24.2 Å². The van der Waals surface area contributed by atoms with E-state index in [2.05, 4.69) is 22.3 Å². The largest absolute Gasteiger partial charge is 0.488 e. The Bertz CT molecular complexity index is 1110. The molecule has 1 N–H and O–H groups in total. The minimum Gasteiger partial charge on any atom is -0.488 e. The number of ether oxygens (including phenoxy) is 2. The minimum atomic E-state index is -0.757. The number of benzene rings is 2. The lowest BCUT2D eigenvalue weighted by atomic mass is 10.0. The molecule has 0 aliphatic carbocycles. The second-order valence-electron chi connectivity index (χ2n) is 8.82. The molecule has 0 bridgehead atoms. The van der Waals surface area contributed by atoms with Crippen LogP contribution in [0.4, 0.5) is 4.39 Å². The first-order chi connectivity index (χ1) is 16.5. The van der Waals surface area contributed by atoms with Crippen LogP contribution in [0, 0.1) is 5.82 Å². The SMILES string of the molecule is O=C1CC[C@@H](N2Cc3c(OCc4ccc(CN5CCOCC5)cc4)cc(F)cc3C2=O)C(=O)N1. The van der Waals surface area contributed by atoms with Crippen molar-refractivity contribution in [1.29, 1.82) is 0 Å². The van der Waals surface area contributed by atoms with E-state index in [-0.39, 0.29) is 43.2 Å². The molecule has 0 unspecified atom stereocenters. The summed E-state index contributed by atoms with van der Waals surface area (Å²) < 4.78 is 25.6. The quantitative estimate of drug-likeness (QED) is 0.654. The highest BCUT2D eigenvalue weighted by Gasteiger charge is 2.40. The van der Waals surface area contributed by atoms with E-state index in [0.717, 1.165) is 38.4 Å². The molecular weight excluding hydrogens is 441 g/mol. The Hall–Kier alpha value is -3.30. The first kappa shape index (κ1) is 22.5. The predicted octanol–water partition coefficient (Wildman–Crippen LogP) is 2.00. The molecule has 178 valence electrons. The Morgan fingerprint density at radius 3 is 2.53 bits per heavy atom. The fourth-order valence-corrected chi connectivity index (χ4v) is 4.64. The molecule has 34 heavy (non-hydrogen) atoms. The third kappa shape index (κ3) is 4.67. The summed E-state index contributed by atoms with van der Waals surface area (Å²) in [6, 6.07) is 9.76. The number of morpholine rings is 1. The molecule has 9 heteroatoms. The first-order valence-corrected chi connectivity index (χ1v) is 11.5. The van der Waals surface area contributed by atoms with Crippen LogP contribution in [0.1, 0.15) is 39.9 Å². The summed E-state index contributed by atoms with van der Waals surface area (Å²) >= 11 is 0. The van der Waals surface area contributed by atoms with Gasteiger partial charge in [-0.1, -0.05) is 24.3 Å². The Balaban J connectivity index is 1.26. The summed E-state index contributed by atoms with van der Waals surface area (Å²) in [6.45, 7) is 4.57. The molecule has 2 aromatic rings. The molecule has 0 aromatic heterocycles. The highest BCUT2D eigenvalue weighted by molar-refractivity contribution is 6.05. The van der Waals surface area contributed by atoms with E-state index in [9.17, 15) is 18.8 Å². The zero-order valence-electron chi connectivity index (χ0n) is 18.7. The molecule has 2 aromatic carbocycles. The molecule has 2 fully saturated rings. The molecule has 0 spiro atoms. The van der Waals surface area contributed by atoms with Crippen molar-refractivity contribution in [3.63, 3.8) is 0 Å². The zero-order chi connectivity index (χ0) is 23.7. The number of piperidine rings is 1. The highest BCUT2D eigenvalue weighted by atomic mass is 19.1. The number of carbonyl (C=O) groups excluding carboxylic acids is 3. The normalized spacial score (nSPS) is 20.9. The summed E-state index contributed by atoms with van der Waals surface area (Å²) in [5.74, 6) is -1.57. The van der Waals surface area contributed by atoms with Crippen molar-refractivity contribution in [3.05, 3.63) is 64.5 Å². The van der Waals surface area contributed by atoms with E-state index in [4.69, 9.17) is 9.47 Å². The molecule has 8 nitrogen and oxygen atoms in total. The number of hydrogen-bond donors (Lipinski definition) is 1. The molecular formula is C25H26FN3O5. The van der Waals surface area contributed by atoms with Crippen molar-refractivity contribution in [2.24, 2.45) is 0 Å². The first-order valence-electron chi connectivity index (χ1n) is 11.5. The standard InChI is InChI=1S/C25H26FN3O5/c26-18-11-19-20(14-29(25(19)32)21-5-6-23(30)27-24(21)31)22(12-18)34-15-17-3-1-16(2-4-17)13-28-7-9-33-10-8-28/h1-4,11-12,21H,5-10,13-15H2,(H,27,30,31)/t21-/m1/s1. The monoisotopic (exact) mass is 467 g/mol. The lowest BCUT2D eigenvalue weighted by Gasteiger charge is -2.29. The number of amides is 3. The molecule has 0 saturated carbocycles. The van der Waals surface area contributed by atoms with Crippen LogP contribution in [-0.4, -0.2) is 59.9 Å². The Labute approximate surface area is 196 Å². The Morgan fingerprint density at radius 1 is 1.06 bits per heavy atom. The van der Waals surface area contributed by atoms with Crippen molar-refractivity contribution in [1.82, 2.24) is 15.1 Å². The van der Waals surface area contributed by atoms with Crippen LogP contribution >= 0.6 is 0 Å². The summed E-state index contributed by atoms with van der Waals surface area (Å²) in [6.07, 6.45) is 0.412. The van der Waals surface area contributed by atoms with Crippen molar-refractivity contribution < 1.29 is 28.2 Å². The molecule has 3 amide bonds. The number of halogens is 1. The van der Waals surface area contributed by atoms with Gasteiger partial charge in [-0.3, -0.25) is 24.6 Å². The lowest BCUT2D eigenvalue weighted by Crippen LogP contribution is -2.52. The Kier molecular flexibility index (Phi) is 6.30. The van der Waals surface area contributed by atoms with Crippen LogP contribution in [0.25, 0.3) is 0 Å². The topological polar surface area (TPSA) is 88.2 Å². The maximum atomic E-state index is 14.3. The lowest BCUT2D eigenvalue weighted by molar-refractivity contribution is -0.136. The summed E-state index contributed by atoms with van der Waals surface area (Å²) in [7, 11) is 0. The van der Waals surface area contributed by atoms with E-state index >= 15 is 0 Å². The maximum absolute atomic E-state index is 14.3. The second-order valence-corrected chi connectivity index (χ2v) is 8.82. The summed E-state index contributed by atoms with van der Waals surface area (Å²) in [5.41, 5.74) is 2.87. The second kappa shape index (κ2) is 9.52. The number of imide groups is 1. The number of carbonyl (C=O) groups is 3. The van der Waals surface area contributed by atoms with E-state index < -0.39 is 23.7 Å². The van der Waals surface area contributed by atoms with Crippen LogP contribution < -0.4 is 10.1 Å². The van der Waals surface area contributed by atoms with Gasteiger partial charge in [0.2, 0.25) is 11.8 Å². The van der Waals surface area contributed by atoms with Gasteiger partial charge in [0, 0.05) is 37.7 Å². The van der Waals surface area contributed by atoms with Crippen molar-refractivity contribution in [2.45, 2.75) is 38.6 Å². The van der Waals surface area contributed by atoms with Gasteiger partial charge in [0.25, 0.3) is 5.91 Å². The Morgan fingerprint density at radius 2 is 1.79 bits per heavy atom. The number of hydrogen-bond acceptors (Lipinski definition) is 6. The number of nitrogens with one attached hydrogen (secondary N) is 1. The summed E-state index contributed by atoms with van der Waals surface area (Å²) in [4.78, 5) is 40.4. The molecule has 5 rings (SSSR count). The van der Waals surface area contributed by atoms with E-state index in [1.165, 1.54) is 22.6 Å². The van der Waals surface area contributed by atoms with Gasteiger partial charge in [0.05, 0.1) is 25.3 Å². The van der Waals surface area contributed by atoms with Crippen molar-refractivity contribution >= 4 is 17.7 Å².